The first-order valence-electron chi connectivity index (χ1n) is 5.85. The molecule has 0 saturated heterocycles. The average Bonchev–Trinajstić information content (AvgIpc) is 2.34. The second-order valence-electron chi connectivity index (χ2n) is 4.35. The number of aryl methyl sites for hydroxylation is 1. The van der Waals surface area contributed by atoms with Crippen LogP contribution in [0.2, 0.25) is 0 Å². The molecule has 0 aromatic heterocycles. The number of halogens is 2. The summed E-state index contributed by atoms with van der Waals surface area (Å²) in [5.41, 5.74) is 2.26. The van der Waals surface area contributed by atoms with Gasteiger partial charge >= 0.3 is 0 Å². The van der Waals surface area contributed by atoms with E-state index in [-0.39, 0.29) is 17.7 Å². The molecule has 0 heterocycles. The van der Waals surface area contributed by atoms with Gasteiger partial charge in [-0.3, -0.25) is 0 Å². The molecule has 0 fully saturated rings. The zero-order valence-electron chi connectivity index (χ0n) is 10.4. The second-order valence-corrected chi connectivity index (χ2v) is 4.35. The topological polar surface area (TPSA) is 12.0 Å². The molecule has 0 aliphatic carbocycles. The van der Waals surface area contributed by atoms with Crippen molar-refractivity contribution in [2.45, 2.75) is 19.9 Å². The van der Waals surface area contributed by atoms with E-state index in [1.165, 1.54) is 18.2 Å². The van der Waals surface area contributed by atoms with Gasteiger partial charge in [0.1, 0.15) is 11.6 Å². The number of para-hydroxylation sites is 1. The van der Waals surface area contributed by atoms with Crippen molar-refractivity contribution in [3.05, 3.63) is 65.2 Å². The third kappa shape index (κ3) is 2.67. The van der Waals surface area contributed by atoms with E-state index >= 15 is 0 Å². The van der Waals surface area contributed by atoms with Crippen LogP contribution < -0.4 is 5.32 Å². The first-order valence-corrected chi connectivity index (χ1v) is 5.85. The molecule has 0 spiro atoms. The van der Waals surface area contributed by atoms with E-state index in [1.807, 2.05) is 19.9 Å². The Kier molecular flexibility index (Phi) is 3.60. The van der Waals surface area contributed by atoms with Crippen LogP contribution in [0.15, 0.2) is 42.5 Å². The molecule has 0 bridgehead atoms. The largest absolute Gasteiger partial charge is 0.376 e. The lowest BCUT2D eigenvalue weighted by atomic mass is 10.1. The Morgan fingerprint density at radius 1 is 1.00 bits per heavy atom. The molecule has 2 aromatic rings. The Morgan fingerprint density at radius 2 is 1.67 bits per heavy atom. The molecule has 0 saturated carbocycles. The Hall–Kier alpha value is -1.90. The van der Waals surface area contributed by atoms with Crippen molar-refractivity contribution in [1.29, 1.82) is 0 Å². The number of hydrogen-bond donors (Lipinski definition) is 1. The molecule has 94 valence electrons. The molecule has 1 nitrogen and oxygen atoms in total. The van der Waals surface area contributed by atoms with E-state index in [9.17, 15) is 8.78 Å². The van der Waals surface area contributed by atoms with Gasteiger partial charge in [-0.2, -0.15) is 0 Å². The van der Waals surface area contributed by atoms with Gasteiger partial charge in [0, 0.05) is 6.04 Å². The summed E-state index contributed by atoms with van der Waals surface area (Å²) in [6.45, 7) is 3.77. The number of anilines is 1. The van der Waals surface area contributed by atoms with E-state index in [4.69, 9.17) is 0 Å². The minimum Gasteiger partial charge on any atom is -0.376 e. The quantitative estimate of drug-likeness (QED) is 0.845. The smallest absolute Gasteiger partial charge is 0.146 e. The molecular weight excluding hydrogens is 232 g/mol. The van der Waals surface area contributed by atoms with Crippen LogP contribution in [-0.2, 0) is 0 Å². The molecule has 2 aromatic carbocycles. The lowest BCUT2D eigenvalue weighted by molar-refractivity contribution is 0.623. The SMILES string of the molecule is Cc1cccc(F)c1NC(C)c1ccc(F)cc1. The summed E-state index contributed by atoms with van der Waals surface area (Å²) in [6.07, 6.45) is 0. The maximum Gasteiger partial charge on any atom is 0.146 e. The minimum absolute atomic E-state index is 0.0822. The van der Waals surface area contributed by atoms with Crippen molar-refractivity contribution in [3.8, 4) is 0 Å². The van der Waals surface area contributed by atoms with Crippen LogP contribution >= 0.6 is 0 Å². The van der Waals surface area contributed by atoms with Crippen LogP contribution in [0.5, 0.6) is 0 Å². The summed E-state index contributed by atoms with van der Waals surface area (Å²) in [5, 5.41) is 3.12. The summed E-state index contributed by atoms with van der Waals surface area (Å²) in [6, 6.07) is 11.1. The van der Waals surface area contributed by atoms with E-state index in [2.05, 4.69) is 5.32 Å². The normalized spacial score (nSPS) is 12.2. The van der Waals surface area contributed by atoms with Gasteiger partial charge in [0.15, 0.2) is 0 Å². The summed E-state index contributed by atoms with van der Waals surface area (Å²) in [5.74, 6) is -0.544. The average molecular weight is 247 g/mol. The van der Waals surface area contributed by atoms with E-state index < -0.39 is 0 Å². The summed E-state index contributed by atoms with van der Waals surface area (Å²) >= 11 is 0. The summed E-state index contributed by atoms with van der Waals surface area (Å²) in [7, 11) is 0. The number of nitrogens with one attached hydrogen (secondary N) is 1. The Morgan fingerprint density at radius 3 is 2.28 bits per heavy atom. The Balaban J connectivity index is 2.21. The molecule has 3 heteroatoms. The molecular formula is C15H15F2N. The van der Waals surface area contributed by atoms with Crippen molar-refractivity contribution in [2.24, 2.45) is 0 Å². The summed E-state index contributed by atoms with van der Waals surface area (Å²) in [4.78, 5) is 0. The molecule has 0 aliphatic rings. The van der Waals surface area contributed by atoms with Gasteiger partial charge in [-0.1, -0.05) is 24.3 Å². The lowest BCUT2D eigenvalue weighted by Gasteiger charge is -2.18. The predicted octanol–water partition coefficient (Wildman–Crippen LogP) is 4.45. The van der Waals surface area contributed by atoms with Gasteiger partial charge in [-0.15, -0.1) is 0 Å². The van der Waals surface area contributed by atoms with Crippen LogP contribution in [0.25, 0.3) is 0 Å². The zero-order valence-corrected chi connectivity index (χ0v) is 10.4. The van der Waals surface area contributed by atoms with Crippen LogP contribution in [0.4, 0.5) is 14.5 Å². The fourth-order valence-electron chi connectivity index (χ4n) is 1.87. The van der Waals surface area contributed by atoms with Gasteiger partial charge in [-0.25, -0.2) is 8.78 Å². The fourth-order valence-corrected chi connectivity index (χ4v) is 1.87. The molecule has 0 aliphatic heterocycles. The minimum atomic E-state index is -0.274. The third-order valence-corrected chi connectivity index (χ3v) is 2.95. The van der Waals surface area contributed by atoms with Gasteiger partial charge < -0.3 is 5.32 Å². The highest BCUT2D eigenvalue weighted by Gasteiger charge is 2.10. The number of benzene rings is 2. The maximum atomic E-state index is 13.7. The van der Waals surface area contributed by atoms with Crippen LogP contribution in [0, 0.1) is 18.6 Å². The van der Waals surface area contributed by atoms with Gasteiger partial charge in [0.05, 0.1) is 5.69 Å². The maximum absolute atomic E-state index is 13.7. The van der Waals surface area contributed by atoms with E-state index in [0.29, 0.717) is 5.69 Å². The van der Waals surface area contributed by atoms with Crippen molar-refractivity contribution in [3.63, 3.8) is 0 Å². The van der Waals surface area contributed by atoms with Crippen molar-refractivity contribution in [2.75, 3.05) is 5.32 Å². The second kappa shape index (κ2) is 5.17. The van der Waals surface area contributed by atoms with E-state index in [1.54, 1.807) is 18.2 Å². The first-order chi connectivity index (χ1) is 8.58. The highest BCUT2D eigenvalue weighted by molar-refractivity contribution is 5.53. The molecule has 0 amide bonds. The molecule has 1 N–H and O–H groups in total. The molecule has 1 atom stereocenters. The monoisotopic (exact) mass is 247 g/mol. The van der Waals surface area contributed by atoms with Gasteiger partial charge in [-0.05, 0) is 43.2 Å². The van der Waals surface area contributed by atoms with Crippen LogP contribution in [0.1, 0.15) is 24.1 Å². The lowest BCUT2D eigenvalue weighted by Crippen LogP contribution is -2.09. The number of hydrogen-bond acceptors (Lipinski definition) is 1. The third-order valence-electron chi connectivity index (χ3n) is 2.95. The zero-order chi connectivity index (χ0) is 13.1. The van der Waals surface area contributed by atoms with E-state index in [0.717, 1.165) is 11.1 Å². The van der Waals surface area contributed by atoms with Gasteiger partial charge in [0.2, 0.25) is 0 Å². The van der Waals surface area contributed by atoms with Crippen LogP contribution in [0.3, 0.4) is 0 Å². The fraction of sp³-hybridized carbons (Fsp3) is 0.200. The predicted molar refractivity (Wildman–Crippen MR) is 69.6 cm³/mol. The molecule has 2 rings (SSSR count). The molecule has 18 heavy (non-hydrogen) atoms. The molecule has 1 unspecified atom stereocenters. The Bertz CT molecular complexity index is 514. The molecule has 0 radical (unpaired) electrons. The van der Waals surface area contributed by atoms with Gasteiger partial charge in [0.25, 0.3) is 0 Å². The Labute approximate surface area is 105 Å². The number of rotatable bonds is 3. The van der Waals surface area contributed by atoms with Crippen molar-refractivity contribution < 1.29 is 8.78 Å². The standard InChI is InChI=1S/C15H15F2N/c1-10-4-3-5-14(17)15(10)18-11(2)12-6-8-13(16)9-7-12/h3-9,11,18H,1-2H3. The highest BCUT2D eigenvalue weighted by Crippen LogP contribution is 2.24. The van der Waals surface area contributed by atoms with Crippen molar-refractivity contribution >= 4 is 5.69 Å². The summed E-state index contributed by atoms with van der Waals surface area (Å²) < 4.78 is 26.5. The highest BCUT2D eigenvalue weighted by atomic mass is 19.1. The van der Waals surface area contributed by atoms with Crippen LogP contribution in [-0.4, -0.2) is 0 Å². The van der Waals surface area contributed by atoms with Crippen molar-refractivity contribution in [1.82, 2.24) is 0 Å². The first kappa shape index (κ1) is 12.6.